The maximum Gasteiger partial charge on any atom is 0.0867 e. The molecule has 98 valence electrons. The van der Waals surface area contributed by atoms with E-state index in [-0.39, 0.29) is 0 Å². The fraction of sp³-hybridized carbons (Fsp3) is 0.714. The van der Waals surface area contributed by atoms with Crippen molar-refractivity contribution in [3.63, 3.8) is 0 Å². The Morgan fingerprint density at radius 3 is 2.65 bits per heavy atom. The Bertz CT molecular complexity index is 236. The zero-order chi connectivity index (χ0) is 12.3. The van der Waals surface area contributed by atoms with Gasteiger partial charge in [-0.15, -0.1) is 0 Å². The number of nitrogens with one attached hydrogen (secondary N) is 1. The molecule has 1 aliphatic heterocycles. The molecule has 0 radical (unpaired) electrons. The second kappa shape index (κ2) is 9.11. The van der Waals surface area contributed by atoms with Crippen LogP contribution >= 0.6 is 0 Å². The average Bonchev–Trinajstić information content (AvgIpc) is 2.84. The van der Waals surface area contributed by atoms with Gasteiger partial charge in [0.1, 0.15) is 0 Å². The number of allylic oxidation sites excluding steroid dienone is 1. The Kier molecular flexibility index (Phi) is 7.56. The lowest BCUT2D eigenvalue weighted by Gasteiger charge is -2.14. The Labute approximate surface area is 106 Å². The smallest absolute Gasteiger partial charge is 0.0867 e. The van der Waals surface area contributed by atoms with Gasteiger partial charge in [-0.1, -0.05) is 25.0 Å². The van der Waals surface area contributed by atoms with E-state index >= 15 is 0 Å². The van der Waals surface area contributed by atoms with Gasteiger partial charge in [-0.25, -0.2) is 0 Å². The Morgan fingerprint density at radius 1 is 1.18 bits per heavy atom. The molecule has 0 amide bonds. The highest BCUT2D eigenvalue weighted by Gasteiger charge is 2.02. The fourth-order valence-corrected chi connectivity index (χ4v) is 2.05. The molecule has 3 heteroatoms. The third kappa shape index (κ3) is 7.05. The standard InChI is InChI=1S/C14H27N3/c1-14(8-6-9-15)7-4-2-3-5-11-17-12-10-16-13-17/h10,12,16H,1-9,11,13,15H2. The van der Waals surface area contributed by atoms with E-state index in [0.29, 0.717) is 0 Å². The SMILES string of the molecule is C=C(CCCN)CCCCCCN1C=CNC1. The third-order valence-electron chi connectivity index (χ3n) is 3.16. The van der Waals surface area contributed by atoms with Gasteiger partial charge in [-0.2, -0.15) is 0 Å². The summed E-state index contributed by atoms with van der Waals surface area (Å²) in [6.45, 7) is 7.04. The van der Waals surface area contributed by atoms with Gasteiger partial charge in [-0.3, -0.25) is 0 Å². The lowest BCUT2D eigenvalue weighted by molar-refractivity contribution is 0.376. The molecule has 0 aliphatic carbocycles. The monoisotopic (exact) mass is 237 g/mol. The van der Waals surface area contributed by atoms with Crippen LogP contribution in [0.3, 0.4) is 0 Å². The molecule has 0 aromatic rings. The zero-order valence-corrected chi connectivity index (χ0v) is 11.0. The van der Waals surface area contributed by atoms with E-state index in [1.54, 1.807) is 0 Å². The Hall–Kier alpha value is -0.960. The lowest BCUT2D eigenvalue weighted by atomic mass is 10.0. The molecule has 0 atom stereocenters. The lowest BCUT2D eigenvalue weighted by Crippen LogP contribution is -2.21. The van der Waals surface area contributed by atoms with Crippen LogP contribution in [0.4, 0.5) is 0 Å². The summed E-state index contributed by atoms with van der Waals surface area (Å²) in [7, 11) is 0. The van der Waals surface area contributed by atoms with Crippen molar-refractivity contribution in [1.82, 2.24) is 10.2 Å². The normalized spacial score (nSPS) is 14.1. The minimum absolute atomic E-state index is 0.788. The molecule has 3 N–H and O–H groups in total. The van der Waals surface area contributed by atoms with Gasteiger partial charge in [-0.05, 0) is 38.6 Å². The molecular weight excluding hydrogens is 210 g/mol. The molecule has 0 unspecified atom stereocenters. The predicted molar refractivity (Wildman–Crippen MR) is 74.4 cm³/mol. The maximum absolute atomic E-state index is 5.47. The highest BCUT2D eigenvalue weighted by atomic mass is 15.2. The second-order valence-electron chi connectivity index (χ2n) is 4.80. The summed E-state index contributed by atoms with van der Waals surface area (Å²) in [5.74, 6) is 0. The van der Waals surface area contributed by atoms with Crippen molar-refractivity contribution < 1.29 is 0 Å². The number of unbranched alkanes of at least 4 members (excludes halogenated alkanes) is 3. The quantitative estimate of drug-likeness (QED) is 0.453. The highest BCUT2D eigenvalue weighted by Crippen LogP contribution is 2.13. The zero-order valence-electron chi connectivity index (χ0n) is 11.0. The van der Waals surface area contributed by atoms with Gasteiger partial charge in [0.2, 0.25) is 0 Å². The van der Waals surface area contributed by atoms with E-state index in [4.69, 9.17) is 5.73 Å². The van der Waals surface area contributed by atoms with Crippen LogP contribution in [0.2, 0.25) is 0 Å². The van der Waals surface area contributed by atoms with Gasteiger partial charge in [0.05, 0.1) is 6.67 Å². The first-order valence-electron chi connectivity index (χ1n) is 6.84. The molecule has 1 heterocycles. The maximum atomic E-state index is 5.47. The minimum Gasteiger partial charge on any atom is -0.373 e. The molecule has 0 bridgehead atoms. The van der Waals surface area contributed by atoms with Crippen LogP contribution in [-0.4, -0.2) is 24.7 Å². The molecule has 0 spiro atoms. The van der Waals surface area contributed by atoms with Gasteiger partial charge in [0.25, 0.3) is 0 Å². The topological polar surface area (TPSA) is 41.3 Å². The van der Waals surface area contributed by atoms with E-state index in [0.717, 1.165) is 26.1 Å². The molecule has 0 aromatic heterocycles. The first-order chi connectivity index (χ1) is 8.33. The summed E-state index contributed by atoms with van der Waals surface area (Å²) in [4.78, 5) is 2.32. The molecular formula is C14H27N3. The molecule has 0 saturated heterocycles. The van der Waals surface area contributed by atoms with E-state index < -0.39 is 0 Å². The number of rotatable bonds is 10. The highest BCUT2D eigenvalue weighted by molar-refractivity contribution is 4.93. The Balaban J connectivity index is 1.83. The fourth-order valence-electron chi connectivity index (χ4n) is 2.05. The van der Waals surface area contributed by atoms with E-state index in [2.05, 4.69) is 23.0 Å². The van der Waals surface area contributed by atoms with E-state index in [1.807, 2.05) is 6.20 Å². The van der Waals surface area contributed by atoms with E-state index in [9.17, 15) is 0 Å². The number of nitrogens with zero attached hydrogens (tertiary/aromatic N) is 1. The van der Waals surface area contributed by atoms with Crippen LogP contribution in [0, 0.1) is 0 Å². The van der Waals surface area contributed by atoms with Crippen molar-refractivity contribution in [2.75, 3.05) is 19.8 Å². The summed E-state index contributed by atoms with van der Waals surface area (Å²) >= 11 is 0. The van der Waals surface area contributed by atoms with Crippen molar-refractivity contribution in [3.05, 3.63) is 24.6 Å². The van der Waals surface area contributed by atoms with Gasteiger partial charge in [0, 0.05) is 18.9 Å². The van der Waals surface area contributed by atoms with Crippen LogP contribution in [0.5, 0.6) is 0 Å². The predicted octanol–water partition coefficient (Wildman–Crippen LogP) is 2.57. The van der Waals surface area contributed by atoms with Crippen molar-refractivity contribution in [2.24, 2.45) is 5.73 Å². The van der Waals surface area contributed by atoms with Crippen LogP contribution < -0.4 is 11.1 Å². The molecule has 0 saturated carbocycles. The first-order valence-corrected chi connectivity index (χ1v) is 6.84. The van der Waals surface area contributed by atoms with E-state index in [1.165, 1.54) is 44.2 Å². The van der Waals surface area contributed by atoms with Gasteiger partial charge >= 0.3 is 0 Å². The number of nitrogens with two attached hydrogens (primary N) is 1. The number of hydrogen-bond acceptors (Lipinski definition) is 3. The third-order valence-corrected chi connectivity index (χ3v) is 3.16. The van der Waals surface area contributed by atoms with Gasteiger partial charge < -0.3 is 16.0 Å². The van der Waals surface area contributed by atoms with Gasteiger partial charge in [0.15, 0.2) is 0 Å². The minimum atomic E-state index is 0.788. The molecule has 1 rings (SSSR count). The molecule has 1 aliphatic rings. The average molecular weight is 237 g/mol. The van der Waals surface area contributed by atoms with Crippen molar-refractivity contribution in [2.45, 2.75) is 44.9 Å². The summed E-state index contributed by atoms with van der Waals surface area (Å²) in [5, 5.41) is 3.18. The Morgan fingerprint density at radius 2 is 1.94 bits per heavy atom. The molecule has 3 nitrogen and oxygen atoms in total. The molecule has 17 heavy (non-hydrogen) atoms. The van der Waals surface area contributed by atoms with Crippen LogP contribution in [0.15, 0.2) is 24.6 Å². The van der Waals surface area contributed by atoms with Crippen molar-refractivity contribution in [3.8, 4) is 0 Å². The summed E-state index contributed by atoms with van der Waals surface area (Å²) < 4.78 is 0. The number of hydrogen-bond donors (Lipinski definition) is 2. The summed E-state index contributed by atoms with van der Waals surface area (Å²) in [6.07, 6.45) is 12.8. The van der Waals surface area contributed by atoms with Crippen LogP contribution in [-0.2, 0) is 0 Å². The van der Waals surface area contributed by atoms with Crippen molar-refractivity contribution >= 4 is 0 Å². The van der Waals surface area contributed by atoms with Crippen LogP contribution in [0.25, 0.3) is 0 Å². The summed E-state index contributed by atoms with van der Waals surface area (Å²) in [6, 6.07) is 0. The molecule has 0 aromatic carbocycles. The first kappa shape index (κ1) is 14.1. The summed E-state index contributed by atoms with van der Waals surface area (Å²) in [5.41, 5.74) is 6.85. The molecule has 0 fully saturated rings. The van der Waals surface area contributed by atoms with Crippen LogP contribution in [0.1, 0.15) is 44.9 Å². The second-order valence-corrected chi connectivity index (χ2v) is 4.80. The van der Waals surface area contributed by atoms with Crippen molar-refractivity contribution in [1.29, 1.82) is 0 Å². The largest absolute Gasteiger partial charge is 0.373 e.